The van der Waals surface area contributed by atoms with Gasteiger partial charge in [0, 0.05) is 11.1 Å². The zero-order valence-electron chi connectivity index (χ0n) is 12.2. The second kappa shape index (κ2) is 5.62. The highest BCUT2D eigenvalue weighted by Gasteiger charge is 2.35. The van der Waals surface area contributed by atoms with Crippen LogP contribution in [-0.2, 0) is 9.84 Å². The highest BCUT2D eigenvalue weighted by molar-refractivity contribution is 7.91. The van der Waals surface area contributed by atoms with Crippen molar-refractivity contribution in [3.05, 3.63) is 65.0 Å². The van der Waals surface area contributed by atoms with Crippen LogP contribution in [-0.4, -0.2) is 27.1 Å². The highest BCUT2D eigenvalue weighted by Crippen LogP contribution is 2.31. The molecule has 118 valence electrons. The van der Waals surface area contributed by atoms with Gasteiger partial charge in [-0.15, -0.1) is 0 Å². The molecule has 0 radical (unpaired) electrons. The Morgan fingerprint density at radius 2 is 1.91 bits per heavy atom. The summed E-state index contributed by atoms with van der Waals surface area (Å²) in [5.41, 5.74) is 0.629. The first-order valence-electron chi connectivity index (χ1n) is 6.83. The van der Waals surface area contributed by atoms with E-state index in [1.807, 2.05) is 0 Å². The maximum atomic E-state index is 13.8. The largest absolute Gasteiger partial charge is 0.497 e. The summed E-state index contributed by atoms with van der Waals surface area (Å²) >= 11 is 0. The second-order valence-electron chi connectivity index (χ2n) is 5.15. The van der Waals surface area contributed by atoms with Gasteiger partial charge in [0.1, 0.15) is 16.5 Å². The van der Waals surface area contributed by atoms with Gasteiger partial charge in [-0.3, -0.25) is 4.79 Å². The molecule has 0 aromatic heterocycles. The van der Waals surface area contributed by atoms with Crippen molar-refractivity contribution in [3.63, 3.8) is 0 Å². The summed E-state index contributed by atoms with van der Waals surface area (Å²) in [6.45, 7) is 0. The van der Waals surface area contributed by atoms with Gasteiger partial charge in [0.2, 0.25) is 0 Å². The number of carbonyl (C=O) groups is 1. The van der Waals surface area contributed by atoms with E-state index in [1.54, 1.807) is 24.3 Å². The molecule has 1 aliphatic heterocycles. The van der Waals surface area contributed by atoms with Gasteiger partial charge in [0.25, 0.3) is 0 Å². The van der Waals surface area contributed by atoms with E-state index in [0.717, 1.165) is 6.07 Å². The molecule has 0 saturated heterocycles. The third-order valence-electron chi connectivity index (χ3n) is 3.59. The van der Waals surface area contributed by atoms with E-state index < -0.39 is 32.1 Å². The standard InChI is InChI=1S/C17H13FO4S/c1-22-13-5-2-4-11(9-13)8-12-10-23(20,21)17-14(16(12)19)6-3-7-15(17)18/h2-9H,10H2,1H3. The predicted molar refractivity (Wildman–Crippen MR) is 83.8 cm³/mol. The summed E-state index contributed by atoms with van der Waals surface area (Å²) in [6, 6.07) is 10.6. The number of ether oxygens (including phenoxy) is 1. The van der Waals surface area contributed by atoms with E-state index in [-0.39, 0.29) is 11.1 Å². The number of sulfone groups is 1. The number of halogens is 1. The molecule has 2 aromatic rings. The first kappa shape index (κ1) is 15.4. The van der Waals surface area contributed by atoms with Gasteiger partial charge in [-0.1, -0.05) is 18.2 Å². The number of benzene rings is 2. The molecule has 2 aromatic carbocycles. The number of carbonyl (C=O) groups excluding carboxylic acids is 1. The van der Waals surface area contributed by atoms with Crippen molar-refractivity contribution >= 4 is 21.7 Å². The second-order valence-corrected chi connectivity index (χ2v) is 7.08. The van der Waals surface area contributed by atoms with Gasteiger partial charge >= 0.3 is 0 Å². The summed E-state index contributed by atoms with van der Waals surface area (Å²) in [5, 5.41) is 0. The van der Waals surface area contributed by atoms with Crippen LogP contribution in [0, 0.1) is 5.82 Å². The van der Waals surface area contributed by atoms with Crippen molar-refractivity contribution in [1.82, 2.24) is 0 Å². The summed E-state index contributed by atoms with van der Waals surface area (Å²) in [5.74, 6) is -1.29. The molecule has 0 fully saturated rings. The van der Waals surface area contributed by atoms with Gasteiger partial charge in [0.05, 0.1) is 12.9 Å². The molecule has 23 heavy (non-hydrogen) atoms. The number of methoxy groups -OCH3 is 1. The number of rotatable bonds is 2. The van der Waals surface area contributed by atoms with Crippen molar-refractivity contribution in [1.29, 1.82) is 0 Å². The average molecular weight is 332 g/mol. The zero-order valence-corrected chi connectivity index (χ0v) is 13.1. The highest BCUT2D eigenvalue weighted by atomic mass is 32.2. The van der Waals surface area contributed by atoms with E-state index in [1.165, 1.54) is 25.3 Å². The van der Waals surface area contributed by atoms with Gasteiger partial charge < -0.3 is 4.74 Å². The third kappa shape index (κ3) is 2.77. The first-order chi connectivity index (χ1) is 10.9. The number of fused-ring (bicyclic) bond motifs is 1. The molecule has 0 spiro atoms. The van der Waals surface area contributed by atoms with Crippen LogP contribution in [0.25, 0.3) is 6.08 Å². The topological polar surface area (TPSA) is 60.4 Å². The maximum absolute atomic E-state index is 13.8. The Morgan fingerprint density at radius 1 is 1.17 bits per heavy atom. The summed E-state index contributed by atoms with van der Waals surface area (Å²) in [7, 11) is -2.37. The molecule has 0 amide bonds. The minimum Gasteiger partial charge on any atom is -0.497 e. The molecular formula is C17H13FO4S. The molecule has 3 rings (SSSR count). The fourth-order valence-corrected chi connectivity index (χ4v) is 4.19. The Kier molecular flexibility index (Phi) is 3.77. The minimum atomic E-state index is -3.89. The number of hydrogen-bond acceptors (Lipinski definition) is 4. The van der Waals surface area contributed by atoms with E-state index >= 15 is 0 Å². The fourth-order valence-electron chi connectivity index (χ4n) is 2.56. The summed E-state index contributed by atoms with van der Waals surface area (Å²) < 4.78 is 43.5. The van der Waals surface area contributed by atoms with Crippen molar-refractivity contribution in [3.8, 4) is 5.75 Å². The van der Waals surface area contributed by atoms with Crippen LogP contribution in [0.15, 0.2) is 52.9 Å². The zero-order chi connectivity index (χ0) is 16.6. The lowest BCUT2D eigenvalue weighted by Crippen LogP contribution is -2.25. The van der Waals surface area contributed by atoms with Crippen LogP contribution in [0.2, 0.25) is 0 Å². The van der Waals surface area contributed by atoms with Gasteiger partial charge in [-0.25, -0.2) is 12.8 Å². The lowest BCUT2D eigenvalue weighted by atomic mass is 10.0. The Labute approximate surface area is 133 Å². The normalized spacial score (nSPS) is 17.8. The van der Waals surface area contributed by atoms with Crippen molar-refractivity contribution in [2.45, 2.75) is 4.90 Å². The molecule has 0 saturated carbocycles. The van der Waals surface area contributed by atoms with Crippen LogP contribution in [0.3, 0.4) is 0 Å². The van der Waals surface area contributed by atoms with E-state index in [2.05, 4.69) is 0 Å². The lowest BCUT2D eigenvalue weighted by Gasteiger charge is -2.18. The number of ketones is 1. The number of hydrogen-bond donors (Lipinski definition) is 0. The minimum absolute atomic E-state index is 0.108. The summed E-state index contributed by atoms with van der Waals surface area (Å²) in [6.07, 6.45) is 1.50. The lowest BCUT2D eigenvalue weighted by molar-refractivity contribution is 0.103. The third-order valence-corrected chi connectivity index (χ3v) is 5.32. The number of Topliss-reactive ketones (excluding diaryl/α,β-unsaturated/α-hetero) is 1. The molecule has 0 bridgehead atoms. The molecule has 6 heteroatoms. The van der Waals surface area contributed by atoms with Crippen LogP contribution in [0.4, 0.5) is 4.39 Å². The molecular weight excluding hydrogens is 319 g/mol. The van der Waals surface area contributed by atoms with Crippen LogP contribution < -0.4 is 4.74 Å². The summed E-state index contributed by atoms with van der Waals surface area (Å²) in [4.78, 5) is 12.0. The van der Waals surface area contributed by atoms with E-state index in [0.29, 0.717) is 11.3 Å². The Bertz CT molecular complexity index is 929. The molecule has 4 nitrogen and oxygen atoms in total. The Hall–Kier alpha value is -2.47. The van der Waals surface area contributed by atoms with Gasteiger partial charge in [-0.05, 0) is 35.9 Å². The predicted octanol–water partition coefficient (Wildman–Crippen LogP) is 2.89. The smallest absolute Gasteiger partial charge is 0.191 e. The molecule has 0 N–H and O–H groups in total. The van der Waals surface area contributed by atoms with Crippen molar-refractivity contribution in [2.24, 2.45) is 0 Å². The van der Waals surface area contributed by atoms with Crippen LogP contribution in [0.5, 0.6) is 5.75 Å². The molecule has 0 unspecified atom stereocenters. The maximum Gasteiger partial charge on any atom is 0.191 e. The van der Waals surface area contributed by atoms with Crippen LogP contribution >= 0.6 is 0 Å². The fraction of sp³-hybridized carbons (Fsp3) is 0.118. The van der Waals surface area contributed by atoms with E-state index in [9.17, 15) is 17.6 Å². The van der Waals surface area contributed by atoms with Gasteiger partial charge in [-0.2, -0.15) is 0 Å². The van der Waals surface area contributed by atoms with Gasteiger partial charge in [0.15, 0.2) is 15.6 Å². The van der Waals surface area contributed by atoms with Crippen molar-refractivity contribution in [2.75, 3.05) is 12.9 Å². The first-order valence-corrected chi connectivity index (χ1v) is 8.48. The Morgan fingerprint density at radius 3 is 2.65 bits per heavy atom. The molecule has 1 aliphatic rings. The van der Waals surface area contributed by atoms with E-state index in [4.69, 9.17) is 4.74 Å². The average Bonchev–Trinajstić information content (AvgIpc) is 2.52. The quantitative estimate of drug-likeness (QED) is 0.794. The SMILES string of the molecule is COc1cccc(C=C2CS(=O)(=O)c3c(F)cccc3C2=O)c1. The Balaban J connectivity index is 2.13. The molecule has 0 atom stereocenters. The van der Waals surface area contributed by atoms with Crippen LogP contribution in [0.1, 0.15) is 15.9 Å². The molecule has 0 aliphatic carbocycles. The van der Waals surface area contributed by atoms with Crippen molar-refractivity contribution < 1.29 is 22.3 Å². The molecule has 1 heterocycles. The monoisotopic (exact) mass is 332 g/mol.